The number of amides is 2. The Morgan fingerprint density at radius 3 is 2.34 bits per heavy atom. The molecule has 32 heavy (non-hydrogen) atoms. The van der Waals surface area contributed by atoms with E-state index in [9.17, 15) is 18.0 Å². The number of aromatic nitrogens is 1. The number of ether oxygens (including phenoxy) is 1. The SMILES string of the molecule is COc1ccccc1NS(=O)(=O)c1ccc(/C=C/C(=O)NNC(=O)c2ccccn2)cc1. The minimum atomic E-state index is -3.83. The lowest BCUT2D eigenvalue weighted by molar-refractivity contribution is -0.117. The van der Waals surface area contributed by atoms with Gasteiger partial charge in [0.2, 0.25) is 0 Å². The van der Waals surface area contributed by atoms with Crippen molar-refractivity contribution in [3.8, 4) is 5.75 Å². The van der Waals surface area contributed by atoms with Gasteiger partial charge in [-0.3, -0.25) is 30.1 Å². The van der Waals surface area contributed by atoms with Crippen molar-refractivity contribution in [1.29, 1.82) is 0 Å². The number of anilines is 1. The molecule has 0 fully saturated rings. The first-order valence-corrected chi connectivity index (χ1v) is 10.8. The summed E-state index contributed by atoms with van der Waals surface area (Å²) in [4.78, 5) is 27.7. The number of benzene rings is 2. The average Bonchev–Trinajstić information content (AvgIpc) is 2.82. The monoisotopic (exact) mass is 452 g/mol. The van der Waals surface area contributed by atoms with E-state index in [0.717, 1.165) is 0 Å². The van der Waals surface area contributed by atoms with E-state index in [-0.39, 0.29) is 10.6 Å². The number of hydrogen-bond acceptors (Lipinski definition) is 6. The maximum Gasteiger partial charge on any atom is 0.288 e. The Hall–Kier alpha value is -4.18. The molecule has 0 saturated carbocycles. The van der Waals surface area contributed by atoms with E-state index in [1.54, 1.807) is 48.5 Å². The molecule has 0 bridgehead atoms. The maximum atomic E-state index is 12.6. The fourth-order valence-corrected chi connectivity index (χ4v) is 3.65. The number of carbonyl (C=O) groups excluding carboxylic acids is 2. The van der Waals surface area contributed by atoms with Crippen LogP contribution in [0.2, 0.25) is 0 Å². The maximum absolute atomic E-state index is 12.6. The fraction of sp³-hybridized carbons (Fsp3) is 0.0455. The van der Waals surface area contributed by atoms with Crippen LogP contribution in [0.5, 0.6) is 5.75 Å². The molecule has 3 N–H and O–H groups in total. The molecule has 10 heteroatoms. The number of pyridine rings is 1. The van der Waals surface area contributed by atoms with E-state index in [0.29, 0.717) is 17.0 Å². The predicted octanol–water partition coefficient (Wildman–Crippen LogP) is 2.37. The van der Waals surface area contributed by atoms with Crippen LogP contribution in [0.4, 0.5) is 5.69 Å². The summed E-state index contributed by atoms with van der Waals surface area (Å²) in [6.45, 7) is 0. The van der Waals surface area contributed by atoms with Crippen molar-refractivity contribution in [3.63, 3.8) is 0 Å². The van der Waals surface area contributed by atoms with Crippen LogP contribution in [0.1, 0.15) is 16.1 Å². The third-order valence-electron chi connectivity index (χ3n) is 4.17. The highest BCUT2D eigenvalue weighted by Gasteiger charge is 2.16. The van der Waals surface area contributed by atoms with Gasteiger partial charge in [0.25, 0.3) is 21.8 Å². The van der Waals surface area contributed by atoms with Gasteiger partial charge in [-0.25, -0.2) is 8.42 Å². The lowest BCUT2D eigenvalue weighted by atomic mass is 10.2. The molecular weight excluding hydrogens is 432 g/mol. The van der Waals surface area contributed by atoms with Crippen molar-refractivity contribution in [2.45, 2.75) is 4.90 Å². The van der Waals surface area contributed by atoms with E-state index in [1.165, 1.54) is 43.7 Å². The summed E-state index contributed by atoms with van der Waals surface area (Å²) in [6, 6.07) is 17.4. The lowest BCUT2D eigenvalue weighted by Crippen LogP contribution is -2.41. The van der Waals surface area contributed by atoms with E-state index in [1.807, 2.05) is 0 Å². The summed E-state index contributed by atoms with van der Waals surface area (Å²) in [7, 11) is -2.37. The molecule has 0 aliphatic heterocycles. The molecule has 0 atom stereocenters. The van der Waals surface area contributed by atoms with Crippen LogP contribution in [0, 0.1) is 0 Å². The summed E-state index contributed by atoms with van der Waals surface area (Å²) in [5.41, 5.74) is 5.56. The van der Waals surface area contributed by atoms with E-state index in [4.69, 9.17) is 4.74 Å². The van der Waals surface area contributed by atoms with Crippen LogP contribution in [-0.2, 0) is 14.8 Å². The highest BCUT2D eigenvalue weighted by Crippen LogP contribution is 2.26. The number of hydrogen-bond donors (Lipinski definition) is 3. The first-order chi connectivity index (χ1) is 15.4. The number of hydrazine groups is 1. The molecule has 0 radical (unpaired) electrons. The average molecular weight is 452 g/mol. The molecule has 3 aromatic rings. The smallest absolute Gasteiger partial charge is 0.288 e. The van der Waals surface area contributed by atoms with Crippen molar-refractivity contribution in [1.82, 2.24) is 15.8 Å². The fourth-order valence-electron chi connectivity index (χ4n) is 2.58. The van der Waals surface area contributed by atoms with Gasteiger partial charge in [0.1, 0.15) is 11.4 Å². The molecule has 2 amide bonds. The van der Waals surface area contributed by atoms with Crippen molar-refractivity contribution >= 4 is 33.6 Å². The van der Waals surface area contributed by atoms with Crippen molar-refractivity contribution in [2.24, 2.45) is 0 Å². The zero-order chi connectivity index (χ0) is 23.0. The molecule has 164 valence electrons. The first-order valence-electron chi connectivity index (χ1n) is 9.34. The summed E-state index contributed by atoms with van der Waals surface area (Å²) in [5, 5.41) is 0. The molecular formula is C22H20N4O5S. The van der Waals surface area contributed by atoms with Gasteiger partial charge >= 0.3 is 0 Å². The van der Waals surface area contributed by atoms with Gasteiger partial charge in [-0.1, -0.05) is 30.3 Å². The minimum Gasteiger partial charge on any atom is -0.495 e. The zero-order valence-electron chi connectivity index (χ0n) is 17.0. The second kappa shape index (κ2) is 10.2. The van der Waals surface area contributed by atoms with Crippen LogP contribution in [0.3, 0.4) is 0 Å². The molecule has 0 unspecified atom stereocenters. The molecule has 3 rings (SSSR count). The van der Waals surface area contributed by atoms with E-state index < -0.39 is 21.8 Å². The third-order valence-corrected chi connectivity index (χ3v) is 5.55. The second-order valence-corrected chi connectivity index (χ2v) is 8.05. The Morgan fingerprint density at radius 1 is 0.938 bits per heavy atom. The van der Waals surface area contributed by atoms with Crippen LogP contribution in [0.25, 0.3) is 6.08 Å². The highest BCUT2D eigenvalue weighted by molar-refractivity contribution is 7.92. The van der Waals surface area contributed by atoms with E-state index >= 15 is 0 Å². The second-order valence-electron chi connectivity index (χ2n) is 6.37. The van der Waals surface area contributed by atoms with Crippen molar-refractivity contribution < 1.29 is 22.7 Å². The molecule has 2 aromatic carbocycles. The summed E-state index contributed by atoms with van der Waals surface area (Å²) in [5.74, 6) is -0.718. The molecule has 0 aliphatic carbocycles. The Morgan fingerprint density at radius 2 is 1.66 bits per heavy atom. The molecule has 9 nitrogen and oxygen atoms in total. The molecule has 1 heterocycles. The lowest BCUT2D eigenvalue weighted by Gasteiger charge is -2.11. The van der Waals surface area contributed by atoms with Crippen LogP contribution in [0.15, 0.2) is 83.9 Å². The largest absolute Gasteiger partial charge is 0.495 e. The summed E-state index contributed by atoms with van der Waals surface area (Å²) in [6.07, 6.45) is 4.15. The van der Waals surface area contributed by atoms with Crippen molar-refractivity contribution in [3.05, 3.63) is 90.3 Å². The molecule has 0 saturated heterocycles. The molecule has 1 aromatic heterocycles. The zero-order valence-corrected chi connectivity index (χ0v) is 17.8. The third kappa shape index (κ3) is 5.92. The normalized spacial score (nSPS) is 11.0. The molecule has 0 aliphatic rings. The van der Waals surface area contributed by atoms with Gasteiger partial charge in [0, 0.05) is 12.3 Å². The van der Waals surface area contributed by atoms with E-state index in [2.05, 4.69) is 20.6 Å². The number of rotatable bonds is 7. The first kappa shape index (κ1) is 22.5. The highest BCUT2D eigenvalue weighted by atomic mass is 32.2. The number of methoxy groups -OCH3 is 1. The number of nitrogens with one attached hydrogen (secondary N) is 3. The number of para-hydroxylation sites is 2. The van der Waals surface area contributed by atoms with Crippen LogP contribution in [-0.4, -0.2) is 32.3 Å². The summed E-state index contributed by atoms with van der Waals surface area (Å²) < 4.78 is 32.9. The van der Waals surface area contributed by atoms with Gasteiger partial charge in [-0.15, -0.1) is 0 Å². The van der Waals surface area contributed by atoms with Crippen LogP contribution >= 0.6 is 0 Å². The predicted molar refractivity (Wildman–Crippen MR) is 119 cm³/mol. The van der Waals surface area contributed by atoms with Gasteiger partial charge < -0.3 is 4.74 Å². The van der Waals surface area contributed by atoms with Gasteiger partial charge in [-0.2, -0.15) is 0 Å². The van der Waals surface area contributed by atoms with Gasteiger partial charge in [0.05, 0.1) is 17.7 Å². The van der Waals surface area contributed by atoms with Gasteiger partial charge in [0.15, 0.2) is 0 Å². The topological polar surface area (TPSA) is 126 Å². The van der Waals surface area contributed by atoms with Gasteiger partial charge in [-0.05, 0) is 48.0 Å². The number of nitrogens with zero attached hydrogens (tertiary/aromatic N) is 1. The Labute approximate surface area is 185 Å². The summed E-state index contributed by atoms with van der Waals surface area (Å²) >= 11 is 0. The Bertz CT molecular complexity index is 1230. The minimum absolute atomic E-state index is 0.0487. The number of carbonyl (C=O) groups is 2. The molecule has 0 spiro atoms. The van der Waals surface area contributed by atoms with Crippen LogP contribution < -0.4 is 20.3 Å². The standard InChI is InChI=1S/C22H20N4O5S/c1-31-20-8-3-2-6-18(20)26-32(29,30)17-12-9-16(10-13-17)11-14-21(27)24-25-22(28)19-7-4-5-15-23-19/h2-15,26H,1H3,(H,24,27)(H,25,28)/b14-11+. The van der Waals surface area contributed by atoms with Crippen molar-refractivity contribution in [2.75, 3.05) is 11.8 Å². The quantitative estimate of drug-likeness (QED) is 0.373. The Balaban J connectivity index is 1.59. The number of sulfonamides is 1. The Kier molecular flexibility index (Phi) is 7.19.